The molecule has 344 valence electrons. The van der Waals surface area contributed by atoms with Crippen molar-refractivity contribution in [3.63, 3.8) is 0 Å². The first-order valence-corrected chi connectivity index (χ1v) is 21.4. The summed E-state index contributed by atoms with van der Waals surface area (Å²) in [6, 6.07) is 7.54. The molecule has 2 rings (SSSR count). The molecular formula is C45H78N4O11. The van der Waals surface area contributed by atoms with Crippen LogP contribution in [0.5, 0.6) is 5.75 Å². The Morgan fingerprint density at radius 2 is 0.900 bits per heavy atom. The molecule has 0 bridgehead atoms. The smallest absolute Gasteiger partial charge is 0.320 e. The number of benzene rings is 1. The van der Waals surface area contributed by atoms with Gasteiger partial charge in [0.1, 0.15) is 34.8 Å². The summed E-state index contributed by atoms with van der Waals surface area (Å²) in [5, 5.41) is 0. The van der Waals surface area contributed by atoms with Crippen LogP contribution >= 0.6 is 0 Å². The first kappa shape index (κ1) is 52.8. The highest BCUT2D eigenvalue weighted by atomic mass is 16.6. The lowest BCUT2D eigenvalue weighted by atomic mass is 10.0. The van der Waals surface area contributed by atoms with Crippen LogP contribution in [0.15, 0.2) is 24.3 Å². The second-order valence-electron chi connectivity index (χ2n) is 19.3. The average molecular weight is 851 g/mol. The van der Waals surface area contributed by atoms with E-state index in [9.17, 15) is 19.2 Å². The van der Waals surface area contributed by atoms with E-state index in [1.165, 1.54) is 0 Å². The van der Waals surface area contributed by atoms with Crippen molar-refractivity contribution < 1.29 is 52.3 Å². The highest BCUT2D eigenvalue weighted by molar-refractivity contribution is 5.73. The number of ether oxygens (including phenoxy) is 7. The number of hydrogen-bond acceptors (Lipinski definition) is 15. The summed E-state index contributed by atoms with van der Waals surface area (Å²) in [6.45, 7) is 29.4. The third-order valence-electron chi connectivity index (χ3n) is 8.69. The second kappa shape index (κ2) is 24.9. The van der Waals surface area contributed by atoms with Gasteiger partial charge in [0.05, 0.1) is 46.0 Å². The molecule has 0 amide bonds. The molecule has 1 fully saturated rings. The number of esters is 4. The van der Waals surface area contributed by atoms with Gasteiger partial charge in [0.25, 0.3) is 0 Å². The molecule has 60 heavy (non-hydrogen) atoms. The highest BCUT2D eigenvalue weighted by Gasteiger charge is 2.31. The van der Waals surface area contributed by atoms with Gasteiger partial charge in [0.15, 0.2) is 0 Å². The topological polar surface area (TPSA) is 146 Å². The van der Waals surface area contributed by atoms with E-state index in [-0.39, 0.29) is 56.1 Å². The number of rotatable bonds is 18. The van der Waals surface area contributed by atoms with Crippen molar-refractivity contribution >= 4 is 23.9 Å². The van der Waals surface area contributed by atoms with E-state index in [0.717, 1.165) is 5.56 Å². The van der Waals surface area contributed by atoms with Crippen molar-refractivity contribution in [3.05, 3.63) is 29.8 Å². The SMILES string of the molecule is CCOCCOCCOc1ccc(C[C@H]2CN(CC(=O)OC(C)(C)C)CCN(CC(=O)OC(C)(C)C)CCN(CC(=O)OC(C)(C)C)CCN2CC(=O)OC(C)(C)C)cc1. The maximum atomic E-state index is 13.6. The lowest BCUT2D eigenvalue weighted by molar-refractivity contribution is -0.160. The minimum absolute atomic E-state index is 0.00148. The molecule has 1 aliphatic rings. The quantitative estimate of drug-likeness (QED) is 0.115. The summed E-state index contributed by atoms with van der Waals surface area (Å²) >= 11 is 0. The molecule has 15 heteroatoms. The second-order valence-corrected chi connectivity index (χ2v) is 19.3. The van der Waals surface area contributed by atoms with Crippen molar-refractivity contribution in [2.45, 2.75) is 125 Å². The third kappa shape index (κ3) is 25.4. The molecule has 0 N–H and O–H groups in total. The summed E-state index contributed by atoms with van der Waals surface area (Å²) in [6.07, 6.45) is 0.516. The lowest BCUT2D eigenvalue weighted by Gasteiger charge is -2.39. The molecule has 0 spiro atoms. The molecule has 1 aliphatic heterocycles. The predicted octanol–water partition coefficient (Wildman–Crippen LogP) is 4.62. The average Bonchev–Trinajstić information content (AvgIpc) is 3.07. The minimum atomic E-state index is -0.702. The maximum absolute atomic E-state index is 13.6. The van der Waals surface area contributed by atoms with Crippen molar-refractivity contribution in [1.29, 1.82) is 0 Å². The highest BCUT2D eigenvalue weighted by Crippen LogP contribution is 2.19. The van der Waals surface area contributed by atoms with E-state index in [0.29, 0.717) is 91.0 Å². The van der Waals surface area contributed by atoms with E-state index < -0.39 is 22.4 Å². The molecule has 1 saturated heterocycles. The summed E-state index contributed by atoms with van der Waals surface area (Å²) in [5.74, 6) is -0.794. The Labute approximate surface area is 360 Å². The molecule has 0 saturated carbocycles. The van der Waals surface area contributed by atoms with E-state index in [1.807, 2.05) is 129 Å². The molecule has 0 aromatic heterocycles. The van der Waals surface area contributed by atoms with Crippen LogP contribution in [0.1, 0.15) is 95.6 Å². The van der Waals surface area contributed by atoms with Crippen LogP contribution in [0.25, 0.3) is 0 Å². The normalized spacial score (nSPS) is 17.6. The zero-order valence-electron chi connectivity index (χ0n) is 39.2. The largest absolute Gasteiger partial charge is 0.491 e. The summed E-state index contributed by atoms with van der Waals surface area (Å²) in [5.41, 5.74) is -1.73. The van der Waals surface area contributed by atoms with Gasteiger partial charge < -0.3 is 33.2 Å². The third-order valence-corrected chi connectivity index (χ3v) is 8.69. The van der Waals surface area contributed by atoms with Gasteiger partial charge in [0.2, 0.25) is 0 Å². The standard InChI is InChI=1S/C45H78N4O11/c1-14-54-25-26-55-27-28-56-37-17-15-35(16-18-37)29-36-30-48(33-40(52)59-44(8,9)10)22-21-46(31-38(50)57-42(2,3)4)19-20-47(32-39(51)58-43(5,6)7)23-24-49(36)34-41(53)60-45(11,12)13/h15-18,36H,14,19-34H2,1-13H3/t36-/m0/s1. The Bertz CT molecular complexity index is 1450. The molecule has 1 atom stereocenters. The van der Waals surface area contributed by atoms with Gasteiger partial charge in [-0.05, 0) is 114 Å². The zero-order valence-corrected chi connectivity index (χ0v) is 39.2. The molecule has 15 nitrogen and oxygen atoms in total. The summed E-state index contributed by atoms with van der Waals surface area (Å²) < 4.78 is 39.9. The molecule has 0 radical (unpaired) electrons. The molecule has 1 aromatic carbocycles. The van der Waals surface area contributed by atoms with Crippen molar-refractivity contribution in [1.82, 2.24) is 19.6 Å². The lowest BCUT2D eigenvalue weighted by Crippen LogP contribution is -2.54. The first-order valence-electron chi connectivity index (χ1n) is 21.4. The minimum Gasteiger partial charge on any atom is -0.491 e. The molecule has 0 unspecified atom stereocenters. The summed E-state index contributed by atoms with van der Waals surface area (Å²) in [4.78, 5) is 61.6. The van der Waals surface area contributed by atoms with Gasteiger partial charge in [-0.3, -0.25) is 38.8 Å². The van der Waals surface area contributed by atoms with E-state index in [4.69, 9.17) is 33.2 Å². The first-order chi connectivity index (χ1) is 27.8. The number of carbonyl (C=O) groups excluding carboxylic acids is 4. The molecule has 0 aliphatic carbocycles. The maximum Gasteiger partial charge on any atom is 0.320 e. The van der Waals surface area contributed by atoms with Crippen LogP contribution in [0.4, 0.5) is 0 Å². The van der Waals surface area contributed by atoms with Gasteiger partial charge in [-0.25, -0.2) is 0 Å². The Morgan fingerprint density at radius 3 is 1.35 bits per heavy atom. The molecular weight excluding hydrogens is 773 g/mol. The van der Waals surface area contributed by atoms with Crippen molar-refractivity contribution in [2.75, 3.05) is 105 Å². The summed E-state index contributed by atoms with van der Waals surface area (Å²) in [7, 11) is 0. The number of nitrogens with zero attached hydrogens (tertiary/aromatic N) is 4. The van der Waals surface area contributed by atoms with Crippen LogP contribution in [0.2, 0.25) is 0 Å². The Balaban J connectivity index is 2.55. The van der Waals surface area contributed by atoms with Gasteiger partial charge >= 0.3 is 23.9 Å². The van der Waals surface area contributed by atoms with E-state index in [2.05, 4.69) is 4.90 Å². The fraction of sp³-hybridized carbons (Fsp3) is 0.778. The van der Waals surface area contributed by atoms with Crippen LogP contribution in [-0.4, -0.2) is 177 Å². The van der Waals surface area contributed by atoms with Crippen molar-refractivity contribution in [3.8, 4) is 5.75 Å². The van der Waals surface area contributed by atoms with Gasteiger partial charge in [-0.1, -0.05) is 12.1 Å². The molecule has 1 heterocycles. The zero-order chi connectivity index (χ0) is 45.1. The van der Waals surface area contributed by atoms with Gasteiger partial charge in [0, 0.05) is 58.5 Å². The predicted molar refractivity (Wildman–Crippen MR) is 231 cm³/mol. The Kier molecular flexibility index (Phi) is 21.9. The number of carbonyl (C=O) groups is 4. The monoisotopic (exact) mass is 851 g/mol. The van der Waals surface area contributed by atoms with Crippen molar-refractivity contribution in [2.24, 2.45) is 0 Å². The van der Waals surface area contributed by atoms with Crippen LogP contribution in [0, 0.1) is 0 Å². The fourth-order valence-electron chi connectivity index (χ4n) is 6.39. The Morgan fingerprint density at radius 1 is 0.517 bits per heavy atom. The Hall–Kier alpha value is -3.34. The van der Waals surface area contributed by atoms with E-state index >= 15 is 0 Å². The van der Waals surface area contributed by atoms with Gasteiger partial charge in [-0.15, -0.1) is 0 Å². The van der Waals surface area contributed by atoms with Crippen LogP contribution < -0.4 is 4.74 Å². The number of hydrogen-bond donors (Lipinski definition) is 0. The van der Waals surface area contributed by atoms with Crippen LogP contribution in [0.3, 0.4) is 0 Å². The fourth-order valence-corrected chi connectivity index (χ4v) is 6.39. The molecule has 1 aromatic rings. The van der Waals surface area contributed by atoms with Gasteiger partial charge in [-0.2, -0.15) is 0 Å². The van der Waals surface area contributed by atoms with E-state index in [1.54, 1.807) is 0 Å². The van der Waals surface area contributed by atoms with Crippen LogP contribution in [-0.2, 0) is 54.0 Å².